The molecule has 120 valence electrons. The highest BCUT2D eigenvalue weighted by Gasteiger charge is 2.15. The summed E-state index contributed by atoms with van der Waals surface area (Å²) in [5, 5.41) is 14.1. The molecule has 1 amide bonds. The molecule has 1 N–H and O–H groups in total. The Hall–Kier alpha value is -1.38. The Morgan fingerprint density at radius 1 is 1.55 bits per heavy atom. The zero-order valence-electron chi connectivity index (χ0n) is 12.9. The SMILES string of the molecule is CCn1c(SCC(=O)NC(C)COC)nnc1-c1cccs1. The monoisotopic (exact) mass is 340 g/mol. The molecule has 0 saturated carbocycles. The van der Waals surface area contributed by atoms with Gasteiger partial charge in [0.05, 0.1) is 17.2 Å². The van der Waals surface area contributed by atoms with Gasteiger partial charge in [0.1, 0.15) is 0 Å². The second-order valence-corrected chi connectivity index (χ2v) is 6.63. The molecule has 8 heteroatoms. The van der Waals surface area contributed by atoms with Gasteiger partial charge in [0.2, 0.25) is 5.91 Å². The van der Waals surface area contributed by atoms with Crippen LogP contribution >= 0.6 is 23.1 Å². The van der Waals surface area contributed by atoms with Crippen molar-refractivity contribution in [3.8, 4) is 10.7 Å². The molecular formula is C14H20N4O2S2. The molecule has 0 aliphatic heterocycles. The van der Waals surface area contributed by atoms with Crippen molar-refractivity contribution in [2.24, 2.45) is 0 Å². The first-order valence-electron chi connectivity index (χ1n) is 7.03. The van der Waals surface area contributed by atoms with Crippen LogP contribution < -0.4 is 5.32 Å². The van der Waals surface area contributed by atoms with Crippen molar-refractivity contribution < 1.29 is 9.53 Å². The summed E-state index contributed by atoms with van der Waals surface area (Å²) in [4.78, 5) is 13.0. The van der Waals surface area contributed by atoms with Crippen molar-refractivity contribution in [2.75, 3.05) is 19.5 Å². The highest BCUT2D eigenvalue weighted by Crippen LogP contribution is 2.26. The van der Waals surface area contributed by atoms with E-state index in [1.807, 2.05) is 35.9 Å². The van der Waals surface area contributed by atoms with Crippen LogP contribution in [0.15, 0.2) is 22.7 Å². The topological polar surface area (TPSA) is 69.0 Å². The number of rotatable bonds is 8. The fraction of sp³-hybridized carbons (Fsp3) is 0.500. The molecule has 0 aliphatic rings. The molecule has 6 nitrogen and oxygen atoms in total. The predicted molar refractivity (Wildman–Crippen MR) is 89.2 cm³/mol. The number of amides is 1. The van der Waals surface area contributed by atoms with Crippen molar-refractivity contribution in [3.05, 3.63) is 17.5 Å². The quantitative estimate of drug-likeness (QED) is 0.747. The number of thiophene rings is 1. The summed E-state index contributed by atoms with van der Waals surface area (Å²) < 4.78 is 7.03. The normalized spacial score (nSPS) is 12.3. The van der Waals surface area contributed by atoms with Gasteiger partial charge in [-0.1, -0.05) is 17.8 Å². The molecule has 2 aromatic rings. The van der Waals surface area contributed by atoms with E-state index in [0.29, 0.717) is 12.4 Å². The Morgan fingerprint density at radius 3 is 3.00 bits per heavy atom. The van der Waals surface area contributed by atoms with Gasteiger partial charge in [0, 0.05) is 19.7 Å². The lowest BCUT2D eigenvalue weighted by atomic mass is 10.3. The zero-order valence-corrected chi connectivity index (χ0v) is 14.5. The van der Waals surface area contributed by atoms with Crippen LogP contribution in [-0.4, -0.2) is 46.2 Å². The predicted octanol–water partition coefficient (Wildman–Crippen LogP) is 2.27. The molecule has 1 atom stereocenters. The van der Waals surface area contributed by atoms with E-state index < -0.39 is 0 Å². The van der Waals surface area contributed by atoms with E-state index in [2.05, 4.69) is 15.5 Å². The maximum Gasteiger partial charge on any atom is 0.230 e. The maximum absolute atomic E-state index is 11.9. The number of aromatic nitrogens is 3. The molecule has 2 aromatic heterocycles. The van der Waals surface area contributed by atoms with Gasteiger partial charge in [0.25, 0.3) is 0 Å². The van der Waals surface area contributed by atoms with Gasteiger partial charge in [-0.25, -0.2) is 0 Å². The number of carbonyl (C=O) groups excluding carboxylic acids is 1. The van der Waals surface area contributed by atoms with Crippen LogP contribution in [0.4, 0.5) is 0 Å². The minimum absolute atomic E-state index is 0.00354. The zero-order chi connectivity index (χ0) is 15.9. The number of thioether (sulfide) groups is 1. The highest BCUT2D eigenvalue weighted by molar-refractivity contribution is 7.99. The number of methoxy groups -OCH3 is 1. The van der Waals surface area contributed by atoms with Crippen molar-refractivity contribution in [2.45, 2.75) is 31.6 Å². The molecule has 22 heavy (non-hydrogen) atoms. The minimum atomic E-state index is -0.0297. The van der Waals surface area contributed by atoms with E-state index in [1.54, 1.807) is 18.4 Å². The minimum Gasteiger partial charge on any atom is -0.383 e. The van der Waals surface area contributed by atoms with Crippen LogP contribution in [-0.2, 0) is 16.1 Å². The fourth-order valence-electron chi connectivity index (χ4n) is 2.01. The summed E-state index contributed by atoms with van der Waals surface area (Å²) >= 11 is 3.03. The Kier molecular flexibility index (Phi) is 6.41. The molecule has 0 spiro atoms. The molecular weight excluding hydrogens is 320 g/mol. The largest absolute Gasteiger partial charge is 0.383 e. The number of hydrogen-bond donors (Lipinski definition) is 1. The maximum atomic E-state index is 11.9. The molecule has 0 saturated heterocycles. The van der Waals surface area contributed by atoms with Crippen molar-refractivity contribution >= 4 is 29.0 Å². The van der Waals surface area contributed by atoms with Crippen molar-refractivity contribution in [3.63, 3.8) is 0 Å². The van der Waals surface area contributed by atoms with Crippen LogP contribution in [0.1, 0.15) is 13.8 Å². The molecule has 2 heterocycles. The summed E-state index contributed by atoms with van der Waals surface area (Å²) in [6.07, 6.45) is 0. The summed E-state index contributed by atoms with van der Waals surface area (Å²) in [7, 11) is 1.62. The summed E-state index contributed by atoms with van der Waals surface area (Å²) in [5.74, 6) is 1.14. The van der Waals surface area contributed by atoms with E-state index in [-0.39, 0.29) is 11.9 Å². The fourth-order valence-corrected chi connectivity index (χ4v) is 3.54. The Bertz CT molecular complexity index is 598. The second kappa shape index (κ2) is 8.30. The molecule has 0 fully saturated rings. The standard InChI is InChI=1S/C14H20N4O2S2/c1-4-18-13(11-6-5-7-21-11)16-17-14(18)22-9-12(19)15-10(2)8-20-3/h5-7,10H,4,8-9H2,1-3H3,(H,15,19). The lowest BCUT2D eigenvalue weighted by Gasteiger charge is -2.12. The Labute approximate surface area is 138 Å². The van der Waals surface area contributed by atoms with E-state index >= 15 is 0 Å². The van der Waals surface area contributed by atoms with Gasteiger partial charge in [0.15, 0.2) is 11.0 Å². The van der Waals surface area contributed by atoms with Gasteiger partial charge >= 0.3 is 0 Å². The van der Waals surface area contributed by atoms with Gasteiger partial charge in [-0.3, -0.25) is 4.79 Å². The third-order valence-corrected chi connectivity index (χ3v) is 4.76. The van der Waals surface area contributed by atoms with Crippen molar-refractivity contribution in [1.82, 2.24) is 20.1 Å². The summed E-state index contributed by atoms with van der Waals surface area (Å²) in [5.41, 5.74) is 0. The average Bonchev–Trinajstić information content (AvgIpc) is 3.13. The number of carbonyl (C=O) groups is 1. The lowest BCUT2D eigenvalue weighted by Crippen LogP contribution is -2.36. The van der Waals surface area contributed by atoms with Crippen LogP contribution in [0.2, 0.25) is 0 Å². The number of ether oxygens (including phenoxy) is 1. The van der Waals surface area contributed by atoms with Crippen LogP contribution in [0.5, 0.6) is 0 Å². The molecule has 1 unspecified atom stereocenters. The van der Waals surface area contributed by atoms with E-state index in [4.69, 9.17) is 4.74 Å². The number of nitrogens with zero attached hydrogens (tertiary/aromatic N) is 3. The van der Waals surface area contributed by atoms with Crippen LogP contribution in [0.25, 0.3) is 10.7 Å². The first kappa shape index (κ1) is 17.0. The van der Waals surface area contributed by atoms with Gasteiger partial charge in [-0.15, -0.1) is 21.5 Å². The van der Waals surface area contributed by atoms with E-state index in [9.17, 15) is 4.79 Å². The van der Waals surface area contributed by atoms with E-state index in [1.165, 1.54) is 11.8 Å². The first-order valence-corrected chi connectivity index (χ1v) is 8.90. The van der Waals surface area contributed by atoms with Crippen LogP contribution in [0.3, 0.4) is 0 Å². The van der Waals surface area contributed by atoms with Gasteiger partial charge in [-0.2, -0.15) is 0 Å². The second-order valence-electron chi connectivity index (χ2n) is 4.74. The summed E-state index contributed by atoms with van der Waals surface area (Å²) in [6, 6.07) is 4.02. The van der Waals surface area contributed by atoms with Gasteiger partial charge < -0.3 is 14.6 Å². The van der Waals surface area contributed by atoms with Crippen LogP contribution in [0, 0.1) is 0 Å². The Balaban J connectivity index is 1.97. The Morgan fingerprint density at radius 2 is 2.36 bits per heavy atom. The number of hydrogen-bond acceptors (Lipinski definition) is 6. The molecule has 0 aliphatic carbocycles. The lowest BCUT2D eigenvalue weighted by molar-refractivity contribution is -0.119. The third kappa shape index (κ3) is 4.31. The number of nitrogens with one attached hydrogen (secondary N) is 1. The first-order chi connectivity index (χ1) is 10.7. The summed E-state index contributed by atoms with van der Waals surface area (Å²) in [6.45, 7) is 5.23. The third-order valence-electron chi connectivity index (χ3n) is 2.93. The highest BCUT2D eigenvalue weighted by atomic mass is 32.2. The molecule has 0 bridgehead atoms. The molecule has 2 rings (SSSR count). The van der Waals surface area contributed by atoms with Crippen molar-refractivity contribution in [1.29, 1.82) is 0 Å². The average molecular weight is 340 g/mol. The molecule has 0 radical (unpaired) electrons. The smallest absolute Gasteiger partial charge is 0.230 e. The van der Waals surface area contributed by atoms with E-state index in [0.717, 1.165) is 22.4 Å². The molecule has 0 aromatic carbocycles. The van der Waals surface area contributed by atoms with Gasteiger partial charge in [-0.05, 0) is 25.3 Å².